The van der Waals surface area contributed by atoms with Crippen molar-refractivity contribution in [1.29, 1.82) is 0 Å². The van der Waals surface area contributed by atoms with Crippen LogP contribution in [0.5, 0.6) is 0 Å². The van der Waals surface area contributed by atoms with Crippen LogP contribution in [0.4, 0.5) is 0 Å². The van der Waals surface area contributed by atoms with Gasteiger partial charge < -0.3 is 10.4 Å². The van der Waals surface area contributed by atoms with Crippen LogP contribution in [-0.2, 0) is 10.0 Å². The lowest BCUT2D eigenvalue weighted by Crippen LogP contribution is -2.42. The number of nitrogens with one attached hydrogen (secondary N) is 1. The molecule has 1 unspecified atom stereocenters. The van der Waals surface area contributed by atoms with E-state index >= 15 is 0 Å². The molecule has 1 saturated carbocycles. The van der Waals surface area contributed by atoms with E-state index in [0.29, 0.717) is 24.9 Å². The van der Waals surface area contributed by atoms with Crippen molar-refractivity contribution in [2.45, 2.75) is 42.7 Å². The molecule has 1 saturated heterocycles. The number of carbonyl (C=O) groups is 1. The second-order valence-electron chi connectivity index (χ2n) is 5.93. The van der Waals surface area contributed by atoms with E-state index in [1.54, 1.807) is 0 Å². The van der Waals surface area contributed by atoms with Gasteiger partial charge in [0.25, 0.3) is 5.91 Å². The Morgan fingerprint density at radius 2 is 1.86 bits per heavy atom. The summed E-state index contributed by atoms with van der Waals surface area (Å²) in [4.78, 5) is 12.1. The molecule has 2 fully saturated rings. The van der Waals surface area contributed by atoms with Gasteiger partial charge in [-0.2, -0.15) is 4.31 Å². The van der Waals surface area contributed by atoms with E-state index in [-0.39, 0.29) is 23.4 Å². The van der Waals surface area contributed by atoms with Crippen molar-refractivity contribution in [2.24, 2.45) is 0 Å². The maximum absolute atomic E-state index is 12.5. The molecule has 0 bridgehead atoms. The minimum Gasteiger partial charge on any atom is -0.392 e. The lowest BCUT2D eigenvalue weighted by atomic mass is 10.1. The number of aliphatic hydroxyl groups is 1. The Balaban J connectivity index is 1.74. The van der Waals surface area contributed by atoms with E-state index in [4.69, 9.17) is 0 Å². The third kappa shape index (κ3) is 3.31. The Hall–Kier alpha value is -1.44. The summed E-state index contributed by atoms with van der Waals surface area (Å²) < 4.78 is 26.3. The molecule has 0 spiro atoms. The molecule has 22 heavy (non-hydrogen) atoms. The standard InChI is InChI=1S/C15H20N2O4S/c18-13-2-1-9-17(10-13)22(20,21)14-7-3-11(4-8-14)15(19)16-12-5-6-12/h3-4,7-8,12-13,18H,1-2,5-6,9-10H2,(H,16,19). The normalized spacial score (nSPS) is 23.2. The quantitative estimate of drug-likeness (QED) is 0.854. The summed E-state index contributed by atoms with van der Waals surface area (Å²) in [6.07, 6.45) is 2.70. The van der Waals surface area contributed by atoms with Crippen LogP contribution in [0.25, 0.3) is 0 Å². The Morgan fingerprint density at radius 1 is 1.18 bits per heavy atom. The van der Waals surface area contributed by atoms with Crippen LogP contribution in [0, 0.1) is 0 Å². The predicted octanol–water partition coefficient (Wildman–Crippen LogP) is 0.724. The molecule has 1 heterocycles. The number of piperidine rings is 1. The van der Waals surface area contributed by atoms with Crippen LogP contribution < -0.4 is 5.32 Å². The third-order valence-corrected chi connectivity index (χ3v) is 5.91. The zero-order valence-corrected chi connectivity index (χ0v) is 13.1. The van der Waals surface area contributed by atoms with Crippen molar-refractivity contribution in [1.82, 2.24) is 9.62 Å². The number of benzene rings is 1. The largest absolute Gasteiger partial charge is 0.392 e. The number of hydrogen-bond acceptors (Lipinski definition) is 4. The molecule has 7 heteroatoms. The lowest BCUT2D eigenvalue weighted by molar-refractivity contribution is 0.0951. The smallest absolute Gasteiger partial charge is 0.251 e. The van der Waals surface area contributed by atoms with Gasteiger partial charge in [0.05, 0.1) is 11.0 Å². The first-order valence-corrected chi connectivity index (χ1v) is 9.00. The Morgan fingerprint density at radius 3 is 2.45 bits per heavy atom. The summed E-state index contributed by atoms with van der Waals surface area (Å²) in [6.45, 7) is 0.551. The maximum atomic E-state index is 12.5. The molecule has 120 valence electrons. The average molecular weight is 324 g/mol. The molecule has 0 aromatic heterocycles. The number of hydrogen-bond donors (Lipinski definition) is 2. The van der Waals surface area contributed by atoms with E-state index < -0.39 is 16.1 Å². The van der Waals surface area contributed by atoms with Crippen molar-refractivity contribution in [3.8, 4) is 0 Å². The van der Waals surface area contributed by atoms with Gasteiger partial charge in [0.15, 0.2) is 0 Å². The summed E-state index contributed by atoms with van der Waals surface area (Å²) in [6, 6.07) is 6.25. The summed E-state index contributed by atoms with van der Waals surface area (Å²) in [5, 5.41) is 12.5. The first-order chi connectivity index (χ1) is 10.5. The van der Waals surface area contributed by atoms with Gasteiger partial charge >= 0.3 is 0 Å². The van der Waals surface area contributed by atoms with Crippen molar-refractivity contribution >= 4 is 15.9 Å². The highest BCUT2D eigenvalue weighted by atomic mass is 32.2. The first-order valence-electron chi connectivity index (χ1n) is 7.56. The van der Waals surface area contributed by atoms with E-state index in [1.165, 1.54) is 28.6 Å². The van der Waals surface area contributed by atoms with E-state index in [9.17, 15) is 18.3 Å². The van der Waals surface area contributed by atoms with E-state index in [2.05, 4.69) is 5.32 Å². The van der Waals surface area contributed by atoms with Crippen molar-refractivity contribution in [3.05, 3.63) is 29.8 Å². The summed E-state index contributed by atoms with van der Waals surface area (Å²) in [5.41, 5.74) is 0.463. The molecular weight excluding hydrogens is 304 g/mol. The van der Waals surface area contributed by atoms with Gasteiger partial charge in [0.1, 0.15) is 0 Å². The van der Waals surface area contributed by atoms with Crippen molar-refractivity contribution in [3.63, 3.8) is 0 Å². The molecule has 1 amide bonds. The topological polar surface area (TPSA) is 86.7 Å². The SMILES string of the molecule is O=C(NC1CC1)c1ccc(S(=O)(=O)N2CCCC(O)C2)cc1. The summed E-state index contributed by atoms with van der Waals surface area (Å²) in [5.74, 6) is -0.167. The first kappa shape index (κ1) is 15.5. The van der Waals surface area contributed by atoms with E-state index in [1.807, 2.05) is 0 Å². The second-order valence-corrected chi connectivity index (χ2v) is 7.87. The zero-order valence-electron chi connectivity index (χ0n) is 12.2. The summed E-state index contributed by atoms with van der Waals surface area (Å²) >= 11 is 0. The molecule has 2 N–H and O–H groups in total. The fourth-order valence-electron chi connectivity index (χ4n) is 2.56. The van der Waals surface area contributed by atoms with Gasteiger partial charge in [-0.05, 0) is 49.9 Å². The Bertz CT molecular complexity index is 653. The van der Waals surface area contributed by atoms with Crippen LogP contribution in [0.15, 0.2) is 29.2 Å². The third-order valence-electron chi connectivity index (χ3n) is 4.03. The number of rotatable bonds is 4. The molecular formula is C15H20N2O4S. The number of β-amino-alcohol motifs (C(OH)–C–C–N with tert-alkyl or cyclic N) is 1. The van der Waals surface area contributed by atoms with Crippen LogP contribution >= 0.6 is 0 Å². The monoisotopic (exact) mass is 324 g/mol. The fraction of sp³-hybridized carbons (Fsp3) is 0.533. The predicted molar refractivity (Wildman–Crippen MR) is 80.9 cm³/mol. The minimum atomic E-state index is -3.61. The summed E-state index contributed by atoms with van der Waals surface area (Å²) in [7, 11) is -3.61. The van der Waals surface area contributed by atoms with Gasteiger partial charge in [-0.1, -0.05) is 0 Å². The zero-order chi connectivity index (χ0) is 15.7. The van der Waals surface area contributed by atoms with Crippen LogP contribution in [0.2, 0.25) is 0 Å². The number of carbonyl (C=O) groups excluding carboxylic acids is 1. The van der Waals surface area contributed by atoms with Crippen molar-refractivity contribution < 1.29 is 18.3 Å². The average Bonchev–Trinajstić information content (AvgIpc) is 3.31. The number of amides is 1. The molecule has 3 rings (SSSR count). The molecule has 6 nitrogen and oxygen atoms in total. The van der Waals surface area contributed by atoms with Crippen LogP contribution in [0.3, 0.4) is 0 Å². The minimum absolute atomic E-state index is 0.131. The van der Waals surface area contributed by atoms with Crippen molar-refractivity contribution in [2.75, 3.05) is 13.1 Å². The number of aliphatic hydroxyl groups excluding tert-OH is 1. The molecule has 1 aliphatic carbocycles. The molecule has 1 aromatic carbocycles. The molecule has 1 aromatic rings. The molecule has 0 radical (unpaired) electrons. The lowest BCUT2D eigenvalue weighted by Gasteiger charge is -2.29. The molecule has 1 atom stereocenters. The van der Waals surface area contributed by atoms with Gasteiger partial charge in [0.2, 0.25) is 10.0 Å². The molecule has 2 aliphatic rings. The highest BCUT2D eigenvalue weighted by molar-refractivity contribution is 7.89. The highest BCUT2D eigenvalue weighted by Crippen LogP contribution is 2.22. The van der Waals surface area contributed by atoms with Gasteiger partial charge in [0, 0.05) is 24.7 Å². The molecule has 1 aliphatic heterocycles. The Kier molecular flexibility index (Phi) is 4.20. The second kappa shape index (κ2) is 5.98. The van der Waals surface area contributed by atoms with Gasteiger partial charge in [-0.15, -0.1) is 0 Å². The van der Waals surface area contributed by atoms with E-state index in [0.717, 1.165) is 12.8 Å². The fourth-order valence-corrected chi connectivity index (χ4v) is 4.08. The Labute approximate surface area is 130 Å². The van der Waals surface area contributed by atoms with Gasteiger partial charge in [-0.3, -0.25) is 4.79 Å². The highest BCUT2D eigenvalue weighted by Gasteiger charge is 2.29. The van der Waals surface area contributed by atoms with Crippen LogP contribution in [0.1, 0.15) is 36.0 Å². The maximum Gasteiger partial charge on any atom is 0.251 e. The van der Waals surface area contributed by atoms with Crippen LogP contribution in [-0.4, -0.2) is 49.0 Å². The number of nitrogens with zero attached hydrogens (tertiary/aromatic N) is 1. The number of sulfonamides is 1. The van der Waals surface area contributed by atoms with Gasteiger partial charge in [-0.25, -0.2) is 8.42 Å².